The number of benzene rings is 3. The van der Waals surface area contributed by atoms with Gasteiger partial charge in [0.2, 0.25) is 5.75 Å². The number of rotatable bonds is 7. The third-order valence-electron chi connectivity index (χ3n) is 5.32. The SMILES string of the molecule is CCOc1c(Cc2cccc3ccccc23)n(CC(=O)c2ccc(F)cc2F)c(=O)[nH]c1=O. The summed E-state index contributed by atoms with van der Waals surface area (Å²) < 4.78 is 34.0. The highest BCUT2D eigenvalue weighted by molar-refractivity contribution is 5.96. The second kappa shape index (κ2) is 9.20. The predicted molar refractivity (Wildman–Crippen MR) is 120 cm³/mol. The smallest absolute Gasteiger partial charge is 0.329 e. The van der Waals surface area contributed by atoms with E-state index in [1.807, 2.05) is 42.5 Å². The molecule has 4 aromatic rings. The largest absolute Gasteiger partial charge is 0.487 e. The summed E-state index contributed by atoms with van der Waals surface area (Å²) in [5.74, 6) is -2.68. The molecule has 0 aliphatic carbocycles. The zero-order valence-corrected chi connectivity index (χ0v) is 17.7. The van der Waals surface area contributed by atoms with Gasteiger partial charge < -0.3 is 4.74 Å². The molecule has 4 rings (SSSR count). The van der Waals surface area contributed by atoms with Gasteiger partial charge in [-0.1, -0.05) is 42.5 Å². The standard InChI is InChI=1S/C25H20F2N2O4/c1-2-33-23-21(12-16-8-5-7-15-6-3-4-9-18(15)16)29(25(32)28-24(23)31)14-22(30)19-11-10-17(26)13-20(19)27/h3-11,13H,2,12,14H2,1H3,(H,28,31,32). The molecule has 1 N–H and O–H groups in total. The molecule has 0 amide bonds. The lowest BCUT2D eigenvalue weighted by Crippen LogP contribution is -2.36. The van der Waals surface area contributed by atoms with Crippen LogP contribution < -0.4 is 16.0 Å². The summed E-state index contributed by atoms with van der Waals surface area (Å²) in [6.45, 7) is 1.29. The molecule has 1 aromatic heterocycles. The van der Waals surface area contributed by atoms with Gasteiger partial charge in [0.05, 0.1) is 24.4 Å². The lowest BCUT2D eigenvalue weighted by atomic mass is 10.00. The van der Waals surface area contributed by atoms with Crippen molar-refractivity contribution in [2.45, 2.75) is 19.9 Å². The number of carbonyl (C=O) groups excluding carboxylic acids is 1. The molecular weight excluding hydrogens is 430 g/mol. The van der Waals surface area contributed by atoms with Crippen molar-refractivity contribution in [2.75, 3.05) is 6.61 Å². The van der Waals surface area contributed by atoms with E-state index in [0.29, 0.717) is 6.07 Å². The fraction of sp³-hybridized carbons (Fsp3) is 0.160. The van der Waals surface area contributed by atoms with E-state index in [0.717, 1.165) is 33.0 Å². The Morgan fingerprint density at radius 3 is 2.55 bits per heavy atom. The molecule has 0 unspecified atom stereocenters. The van der Waals surface area contributed by atoms with Crippen LogP contribution in [-0.4, -0.2) is 21.9 Å². The minimum Gasteiger partial charge on any atom is -0.487 e. The Morgan fingerprint density at radius 1 is 1.03 bits per heavy atom. The van der Waals surface area contributed by atoms with Gasteiger partial charge >= 0.3 is 5.69 Å². The molecule has 0 spiro atoms. The van der Waals surface area contributed by atoms with Crippen LogP contribution in [0, 0.1) is 11.6 Å². The summed E-state index contributed by atoms with van der Waals surface area (Å²) in [7, 11) is 0. The number of ether oxygens (including phenoxy) is 1. The topological polar surface area (TPSA) is 81.2 Å². The van der Waals surface area contributed by atoms with E-state index in [2.05, 4.69) is 4.98 Å². The van der Waals surface area contributed by atoms with Crippen LogP contribution in [0.25, 0.3) is 10.8 Å². The summed E-state index contributed by atoms with van der Waals surface area (Å²) in [4.78, 5) is 40.2. The van der Waals surface area contributed by atoms with Crippen LogP contribution in [0.4, 0.5) is 8.78 Å². The summed E-state index contributed by atoms with van der Waals surface area (Å²) in [6.07, 6.45) is 0.120. The first kappa shape index (κ1) is 22.1. The normalized spacial score (nSPS) is 11.0. The van der Waals surface area contributed by atoms with Gasteiger partial charge in [-0.05, 0) is 35.4 Å². The Kier molecular flexibility index (Phi) is 6.17. The molecule has 0 fully saturated rings. The van der Waals surface area contributed by atoms with Crippen LogP contribution in [0.5, 0.6) is 5.75 Å². The molecule has 0 bridgehead atoms. The number of nitrogens with one attached hydrogen (secondary N) is 1. The molecule has 0 aliphatic rings. The molecule has 168 valence electrons. The van der Waals surface area contributed by atoms with Gasteiger partial charge in [-0.3, -0.25) is 19.1 Å². The Bertz CT molecular complexity index is 1470. The van der Waals surface area contributed by atoms with Crippen molar-refractivity contribution in [3.05, 3.63) is 110 Å². The van der Waals surface area contributed by atoms with Gasteiger partial charge in [0.25, 0.3) is 5.56 Å². The van der Waals surface area contributed by atoms with Crippen molar-refractivity contribution in [3.8, 4) is 5.75 Å². The van der Waals surface area contributed by atoms with E-state index in [-0.39, 0.29) is 30.0 Å². The van der Waals surface area contributed by atoms with Crippen LogP contribution >= 0.6 is 0 Å². The average Bonchev–Trinajstić information content (AvgIpc) is 2.79. The maximum atomic E-state index is 14.2. The number of carbonyl (C=O) groups is 1. The second-order valence-corrected chi connectivity index (χ2v) is 7.42. The Hall–Kier alpha value is -4.07. The lowest BCUT2D eigenvalue weighted by Gasteiger charge is -2.17. The van der Waals surface area contributed by atoms with Crippen LogP contribution in [-0.2, 0) is 13.0 Å². The van der Waals surface area contributed by atoms with Gasteiger partial charge in [-0.2, -0.15) is 0 Å². The number of aromatic amines is 1. The number of fused-ring (bicyclic) bond motifs is 1. The molecule has 3 aromatic carbocycles. The van der Waals surface area contributed by atoms with Crippen molar-refractivity contribution in [3.63, 3.8) is 0 Å². The minimum absolute atomic E-state index is 0.0857. The van der Waals surface area contributed by atoms with E-state index < -0.39 is 35.2 Å². The molecule has 1 heterocycles. The first-order valence-corrected chi connectivity index (χ1v) is 10.3. The maximum Gasteiger partial charge on any atom is 0.329 e. The van der Waals surface area contributed by atoms with Gasteiger partial charge in [0.1, 0.15) is 11.6 Å². The highest BCUT2D eigenvalue weighted by Gasteiger charge is 2.21. The van der Waals surface area contributed by atoms with Crippen LogP contribution in [0.2, 0.25) is 0 Å². The zero-order valence-electron chi connectivity index (χ0n) is 17.7. The average molecular weight is 450 g/mol. The number of ketones is 1. The van der Waals surface area contributed by atoms with Crippen LogP contribution in [0.1, 0.15) is 28.5 Å². The molecule has 8 heteroatoms. The van der Waals surface area contributed by atoms with E-state index in [1.54, 1.807) is 6.92 Å². The first-order valence-electron chi connectivity index (χ1n) is 10.3. The number of hydrogen-bond acceptors (Lipinski definition) is 4. The molecule has 33 heavy (non-hydrogen) atoms. The quantitative estimate of drug-likeness (QED) is 0.434. The molecular formula is C25H20F2N2O4. The maximum absolute atomic E-state index is 14.2. The second-order valence-electron chi connectivity index (χ2n) is 7.42. The van der Waals surface area contributed by atoms with Gasteiger partial charge in [-0.25, -0.2) is 13.6 Å². The van der Waals surface area contributed by atoms with Crippen molar-refractivity contribution in [2.24, 2.45) is 0 Å². The number of nitrogens with zero attached hydrogens (tertiary/aromatic N) is 1. The highest BCUT2D eigenvalue weighted by atomic mass is 19.1. The molecule has 0 radical (unpaired) electrons. The third kappa shape index (κ3) is 4.45. The van der Waals surface area contributed by atoms with Crippen molar-refractivity contribution in [1.82, 2.24) is 9.55 Å². The monoisotopic (exact) mass is 450 g/mol. The number of aromatic nitrogens is 2. The fourth-order valence-electron chi connectivity index (χ4n) is 3.81. The predicted octanol–water partition coefficient (Wildman–Crippen LogP) is 3.84. The highest BCUT2D eigenvalue weighted by Crippen LogP contribution is 2.24. The number of Topliss-reactive ketones (excluding diaryl/α,β-unsaturated/α-hetero) is 1. The fourth-order valence-corrected chi connectivity index (χ4v) is 3.81. The number of halogens is 2. The molecule has 0 saturated carbocycles. The molecule has 0 saturated heterocycles. The van der Waals surface area contributed by atoms with Gasteiger partial charge in [0.15, 0.2) is 5.78 Å². The molecule has 0 atom stereocenters. The van der Waals surface area contributed by atoms with Crippen LogP contribution in [0.15, 0.2) is 70.3 Å². The Labute approximate surface area is 187 Å². The zero-order chi connectivity index (χ0) is 23.5. The lowest BCUT2D eigenvalue weighted by molar-refractivity contribution is 0.0964. The van der Waals surface area contributed by atoms with Crippen molar-refractivity contribution >= 4 is 16.6 Å². The third-order valence-corrected chi connectivity index (χ3v) is 5.32. The van der Waals surface area contributed by atoms with E-state index >= 15 is 0 Å². The minimum atomic E-state index is -1.03. The first-order chi connectivity index (χ1) is 15.9. The van der Waals surface area contributed by atoms with Gasteiger partial charge in [-0.15, -0.1) is 0 Å². The van der Waals surface area contributed by atoms with E-state index in [9.17, 15) is 23.2 Å². The Balaban J connectivity index is 1.85. The summed E-state index contributed by atoms with van der Waals surface area (Å²) in [6, 6.07) is 15.9. The van der Waals surface area contributed by atoms with E-state index in [1.165, 1.54) is 0 Å². The summed E-state index contributed by atoms with van der Waals surface area (Å²) >= 11 is 0. The summed E-state index contributed by atoms with van der Waals surface area (Å²) in [5, 5.41) is 1.88. The van der Waals surface area contributed by atoms with Crippen LogP contribution in [0.3, 0.4) is 0 Å². The molecule has 6 nitrogen and oxygen atoms in total. The van der Waals surface area contributed by atoms with E-state index in [4.69, 9.17) is 4.74 Å². The number of hydrogen-bond donors (Lipinski definition) is 1. The van der Waals surface area contributed by atoms with Crippen molar-refractivity contribution in [1.29, 1.82) is 0 Å². The molecule has 0 aliphatic heterocycles. The van der Waals surface area contributed by atoms with Gasteiger partial charge in [0, 0.05) is 12.5 Å². The van der Waals surface area contributed by atoms with Crippen molar-refractivity contribution < 1.29 is 18.3 Å². The number of H-pyrrole nitrogens is 1. The summed E-state index contributed by atoms with van der Waals surface area (Å²) in [5.41, 5.74) is -0.891. The Morgan fingerprint density at radius 2 is 1.79 bits per heavy atom.